The van der Waals surface area contributed by atoms with Crippen molar-refractivity contribution in [2.45, 2.75) is 46.6 Å². The highest BCUT2D eigenvalue weighted by Crippen LogP contribution is 2.25. The summed E-state index contributed by atoms with van der Waals surface area (Å²) in [4.78, 5) is 11.9. The Hall–Kier alpha value is -1.43. The van der Waals surface area contributed by atoms with Crippen molar-refractivity contribution in [1.29, 1.82) is 0 Å². The summed E-state index contributed by atoms with van der Waals surface area (Å²) in [6, 6.07) is 0. The first-order valence-electron chi connectivity index (χ1n) is 6.53. The number of ether oxygens (including phenoxy) is 1. The standard InChI is InChI=1S/C13H23N3O3/c1-6-19-12(18)10-11(13(3,4)5)16(15-14-10)7-9(2)8-17/h9,17H,6-8H2,1-5H3. The smallest absolute Gasteiger partial charge is 0.360 e. The lowest BCUT2D eigenvalue weighted by atomic mass is 9.90. The summed E-state index contributed by atoms with van der Waals surface area (Å²) in [6.07, 6.45) is 0. The van der Waals surface area contributed by atoms with Gasteiger partial charge in [0, 0.05) is 18.6 Å². The van der Waals surface area contributed by atoms with Crippen LogP contribution in [0.3, 0.4) is 0 Å². The number of hydrogen-bond acceptors (Lipinski definition) is 5. The Balaban J connectivity index is 3.16. The third kappa shape index (κ3) is 3.76. The average molecular weight is 269 g/mol. The van der Waals surface area contributed by atoms with E-state index in [1.807, 2.05) is 27.7 Å². The van der Waals surface area contributed by atoms with Crippen LogP contribution in [0.5, 0.6) is 0 Å². The monoisotopic (exact) mass is 269 g/mol. The zero-order valence-electron chi connectivity index (χ0n) is 12.3. The number of carbonyl (C=O) groups is 1. The van der Waals surface area contributed by atoms with E-state index in [0.717, 1.165) is 5.69 Å². The molecule has 0 radical (unpaired) electrons. The van der Waals surface area contributed by atoms with Gasteiger partial charge in [-0.25, -0.2) is 9.48 Å². The average Bonchev–Trinajstić information content (AvgIpc) is 2.72. The van der Waals surface area contributed by atoms with Crippen LogP contribution in [0.2, 0.25) is 0 Å². The number of rotatable bonds is 5. The fourth-order valence-electron chi connectivity index (χ4n) is 1.87. The predicted molar refractivity (Wildman–Crippen MR) is 70.9 cm³/mol. The normalized spacial score (nSPS) is 13.4. The molecule has 1 unspecified atom stereocenters. The maximum absolute atomic E-state index is 11.9. The zero-order chi connectivity index (χ0) is 14.6. The fourth-order valence-corrected chi connectivity index (χ4v) is 1.87. The zero-order valence-corrected chi connectivity index (χ0v) is 12.3. The van der Waals surface area contributed by atoms with E-state index in [2.05, 4.69) is 10.3 Å². The van der Waals surface area contributed by atoms with Crippen LogP contribution in [0.25, 0.3) is 0 Å². The van der Waals surface area contributed by atoms with Crippen LogP contribution in [-0.4, -0.2) is 39.3 Å². The maximum Gasteiger partial charge on any atom is 0.360 e. The molecule has 1 atom stereocenters. The highest BCUT2D eigenvalue weighted by Gasteiger charge is 2.30. The van der Waals surface area contributed by atoms with Crippen LogP contribution in [0, 0.1) is 5.92 Å². The number of aromatic nitrogens is 3. The van der Waals surface area contributed by atoms with Crippen molar-refractivity contribution in [2.75, 3.05) is 13.2 Å². The highest BCUT2D eigenvalue weighted by atomic mass is 16.5. The molecule has 0 aromatic carbocycles. The van der Waals surface area contributed by atoms with Gasteiger partial charge in [-0.1, -0.05) is 32.9 Å². The Morgan fingerprint density at radius 1 is 1.47 bits per heavy atom. The molecular formula is C13H23N3O3. The minimum atomic E-state index is -0.449. The molecule has 1 heterocycles. The van der Waals surface area contributed by atoms with Gasteiger partial charge in [-0.05, 0) is 12.8 Å². The molecular weight excluding hydrogens is 246 g/mol. The van der Waals surface area contributed by atoms with Crippen molar-refractivity contribution in [1.82, 2.24) is 15.0 Å². The van der Waals surface area contributed by atoms with Crippen molar-refractivity contribution >= 4 is 5.97 Å². The van der Waals surface area contributed by atoms with E-state index in [1.54, 1.807) is 11.6 Å². The molecule has 6 heteroatoms. The second kappa shape index (κ2) is 6.14. The van der Waals surface area contributed by atoms with Gasteiger partial charge < -0.3 is 9.84 Å². The van der Waals surface area contributed by atoms with Crippen molar-refractivity contribution in [3.05, 3.63) is 11.4 Å². The molecule has 108 valence electrons. The number of nitrogens with zero attached hydrogens (tertiary/aromatic N) is 3. The first kappa shape index (κ1) is 15.6. The van der Waals surface area contributed by atoms with E-state index in [0.29, 0.717) is 13.2 Å². The van der Waals surface area contributed by atoms with E-state index in [9.17, 15) is 4.79 Å². The number of esters is 1. The van der Waals surface area contributed by atoms with Gasteiger partial charge in [0.05, 0.1) is 12.3 Å². The molecule has 0 aliphatic rings. The summed E-state index contributed by atoms with van der Waals surface area (Å²) in [5.41, 5.74) is 0.728. The molecule has 6 nitrogen and oxygen atoms in total. The second-order valence-electron chi connectivity index (χ2n) is 5.73. The summed E-state index contributed by atoms with van der Waals surface area (Å²) in [6.45, 7) is 10.6. The molecule has 1 aromatic heterocycles. The van der Waals surface area contributed by atoms with E-state index in [1.165, 1.54) is 0 Å². The minimum absolute atomic E-state index is 0.0536. The quantitative estimate of drug-likeness (QED) is 0.817. The first-order chi connectivity index (χ1) is 8.81. The van der Waals surface area contributed by atoms with Crippen LogP contribution in [0.15, 0.2) is 0 Å². The Bertz CT molecular complexity index is 435. The van der Waals surface area contributed by atoms with E-state index in [-0.39, 0.29) is 23.6 Å². The Kier molecular flexibility index (Phi) is 5.05. The SMILES string of the molecule is CCOC(=O)c1nnn(CC(C)CO)c1C(C)(C)C. The van der Waals surface area contributed by atoms with Crippen molar-refractivity contribution in [3.63, 3.8) is 0 Å². The molecule has 0 fully saturated rings. The van der Waals surface area contributed by atoms with Crippen LogP contribution in [0.1, 0.15) is 50.8 Å². The second-order valence-corrected chi connectivity index (χ2v) is 5.73. The molecule has 0 aliphatic carbocycles. The van der Waals surface area contributed by atoms with Gasteiger partial charge in [0.15, 0.2) is 5.69 Å². The number of aliphatic hydroxyl groups excluding tert-OH is 1. The molecule has 0 saturated heterocycles. The highest BCUT2D eigenvalue weighted by molar-refractivity contribution is 5.88. The lowest BCUT2D eigenvalue weighted by molar-refractivity contribution is 0.0516. The minimum Gasteiger partial charge on any atom is -0.461 e. The van der Waals surface area contributed by atoms with Gasteiger partial charge in [0.1, 0.15) is 0 Å². The van der Waals surface area contributed by atoms with Gasteiger partial charge in [0.25, 0.3) is 0 Å². The summed E-state index contributed by atoms with van der Waals surface area (Å²) in [7, 11) is 0. The first-order valence-corrected chi connectivity index (χ1v) is 6.53. The van der Waals surface area contributed by atoms with E-state index < -0.39 is 5.97 Å². The lowest BCUT2D eigenvalue weighted by Gasteiger charge is -2.21. The molecule has 0 aliphatic heterocycles. The van der Waals surface area contributed by atoms with Gasteiger partial charge >= 0.3 is 5.97 Å². The molecule has 1 aromatic rings. The van der Waals surface area contributed by atoms with Crippen LogP contribution >= 0.6 is 0 Å². The summed E-state index contributed by atoms with van der Waals surface area (Å²) in [5, 5.41) is 17.1. The van der Waals surface area contributed by atoms with E-state index >= 15 is 0 Å². The van der Waals surface area contributed by atoms with Gasteiger partial charge in [-0.15, -0.1) is 5.10 Å². The number of aliphatic hydroxyl groups is 1. The van der Waals surface area contributed by atoms with Gasteiger partial charge in [-0.2, -0.15) is 0 Å². The maximum atomic E-state index is 11.9. The Labute approximate surface area is 113 Å². The van der Waals surface area contributed by atoms with Gasteiger partial charge in [0.2, 0.25) is 0 Å². The Morgan fingerprint density at radius 2 is 2.11 bits per heavy atom. The largest absolute Gasteiger partial charge is 0.461 e. The third-order valence-corrected chi connectivity index (χ3v) is 2.71. The molecule has 19 heavy (non-hydrogen) atoms. The lowest BCUT2D eigenvalue weighted by Crippen LogP contribution is -2.24. The predicted octanol–water partition coefficient (Wildman–Crippen LogP) is 1.38. The van der Waals surface area contributed by atoms with E-state index in [4.69, 9.17) is 9.84 Å². The molecule has 0 bridgehead atoms. The molecule has 0 spiro atoms. The molecule has 1 N–H and O–H groups in total. The van der Waals surface area contributed by atoms with Crippen molar-refractivity contribution in [2.24, 2.45) is 5.92 Å². The molecule has 0 amide bonds. The summed E-state index contributed by atoms with van der Waals surface area (Å²) < 4.78 is 6.69. The summed E-state index contributed by atoms with van der Waals surface area (Å²) in [5.74, 6) is -0.395. The Morgan fingerprint density at radius 3 is 2.58 bits per heavy atom. The van der Waals surface area contributed by atoms with Crippen LogP contribution < -0.4 is 0 Å². The van der Waals surface area contributed by atoms with Crippen molar-refractivity contribution < 1.29 is 14.6 Å². The number of carbonyl (C=O) groups excluding carboxylic acids is 1. The van der Waals surface area contributed by atoms with Crippen LogP contribution in [0.4, 0.5) is 0 Å². The summed E-state index contributed by atoms with van der Waals surface area (Å²) >= 11 is 0. The van der Waals surface area contributed by atoms with Crippen molar-refractivity contribution in [3.8, 4) is 0 Å². The van der Waals surface area contributed by atoms with Crippen LogP contribution in [-0.2, 0) is 16.7 Å². The van der Waals surface area contributed by atoms with Gasteiger partial charge in [-0.3, -0.25) is 0 Å². The topological polar surface area (TPSA) is 77.2 Å². The molecule has 0 saturated carbocycles. The third-order valence-electron chi connectivity index (χ3n) is 2.71. The fraction of sp³-hybridized carbons (Fsp3) is 0.769. The number of hydrogen-bond donors (Lipinski definition) is 1. The molecule has 1 rings (SSSR count).